The van der Waals surface area contributed by atoms with Crippen molar-refractivity contribution in [1.29, 1.82) is 0 Å². The van der Waals surface area contributed by atoms with Crippen LogP contribution < -0.4 is 4.74 Å². The Labute approximate surface area is 205 Å². The molecule has 0 saturated heterocycles. The van der Waals surface area contributed by atoms with E-state index in [-0.39, 0.29) is 23.8 Å². The van der Waals surface area contributed by atoms with Gasteiger partial charge in [-0.3, -0.25) is 9.59 Å². The molecular weight excluding hydrogens is 424 g/mol. The van der Waals surface area contributed by atoms with Crippen LogP contribution in [0.5, 0.6) is 5.75 Å². The van der Waals surface area contributed by atoms with Gasteiger partial charge in [0.15, 0.2) is 0 Å². The molecule has 184 valence electrons. The maximum Gasteiger partial charge on any atom is 0.257 e. The molecule has 34 heavy (non-hydrogen) atoms. The number of fused-ring (bicyclic) bond motifs is 1. The fourth-order valence-electron chi connectivity index (χ4n) is 4.65. The SMILES string of the molecule is CCN1CCCCCCN(C(=O)Cc2ccccc2C)[C@@H](C(C)C)COc2ccccc2C1=O. The number of hydrogen-bond acceptors (Lipinski definition) is 3. The van der Waals surface area contributed by atoms with E-state index in [0.717, 1.165) is 49.9 Å². The summed E-state index contributed by atoms with van der Waals surface area (Å²) in [5, 5.41) is 0. The van der Waals surface area contributed by atoms with Crippen molar-refractivity contribution in [3.05, 3.63) is 65.2 Å². The third-order valence-corrected chi connectivity index (χ3v) is 6.87. The Morgan fingerprint density at radius 2 is 1.68 bits per heavy atom. The number of aryl methyl sites for hydroxylation is 1. The van der Waals surface area contributed by atoms with Crippen molar-refractivity contribution in [3.8, 4) is 5.75 Å². The van der Waals surface area contributed by atoms with Gasteiger partial charge in [0.05, 0.1) is 18.0 Å². The molecule has 0 N–H and O–H groups in total. The Bertz CT molecular complexity index is 956. The summed E-state index contributed by atoms with van der Waals surface area (Å²) >= 11 is 0. The molecule has 0 unspecified atom stereocenters. The zero-order valence-corrected chi connectivity index (χ0v) is 21.3. The molecule has 2 aromatic carbocycles. The van der Waals surface area contributed by atoms with E-state index in [0.29, 0.717) is 30.9 Å². The zero-order chi connectivity index (χ0) is 24.5. The minimum absolute atomic E-state index is 0.0174. The molecule has 1 aliphatic heterocycles. The van der Waals surface area contributed by atoms with Crippen molar-refractivity contribution >= 4 is 11.8 Å². The summed E-state index contributed by atoms with van der Waals surface area (Å²) in [6, 6.07) is 15.5. The Kier molecular flexibility index (Phi) is 9.55. The van der Waals surface area contributed by atoms with Crippen LogP contribution in [0.3, 0.4) is 0 Å². The van der Waals surface area contributed by atoms with Crippen molar-refractivity contribution in [1.82, 2.24) is 9.80 Å². The molecule has 2 amide bonds. The van der Waals surface area contributed by atoms with Gasteiger partial charge in [0.1, 0.15) is 12.4 Å². The predicted octanol–water partition coefficient (Wildman–Crippen LogP) is 5.51. The highest BCUT2D eigenvalue weighted by atomic mass is 16.5. The molecule has 0 fully saturated rings. The van der Waals surface area contributed by atoms with E-state index < -0.39 is 0 Å². The van der Waals surface area contributed by atoms with Crippen LogP contribution in [0.2, 0.25) is 0 Å². The minimum Gasteiger partial charge on any atom is -0.491 e. The summed E-state index contributed by atoms with van der Waals surface area (Å²) in [6.45, 7) is 10.9. The third-order valence-electron chi connectivity index (χ3n) is 6.87. The van der Waals surface area contributed by atoms with Crippen molar-refractivity contribution < 1.29 is 14.3 Å². The molecule has 2 aromatic rings. The van der Waals surface area contributed by atoms with Crippen LogP contribution in [0, 0.1) is 12.8 Å². The Morgan fingerprint density at radius 3 is 2.38 bits per heavy atom. The van der Waals surface area contributed by atoms with E-state index in [2.05, 4.69) is 26.8 Å². The molecule has 0 aliphatic carbocycles. The molecule has 1 heterocycles. The first-order valence-electron chi connectivity index (χ1n) is 12.8. The van der Waals surface area contributed by atoms with Gasteiger partial charge in [0, 0.05) is 19.6 Å². The van der Waals surface area contributed by atoms with Crippen molar-refractivity contribution in [2.45, 2.75) is 65.8 Å². The normalized spacial score (nSPS) is 18.3. The highest BCUT2D eigenvalue weighted by Gasteiger charge is 2.28. The quantitative estimate of drug-likeness (QED) is 0.600. The van der Waals surface area contributed by atoms with E-state index in [1.54, 1.807) is 0 Å². The van der Waals surface area contributed by atoms with E-state index in [1.165, 1.54) is 0 Å². The van der Waals surface area contributed by atoms with E-state index in [9.17, 15) is 9.59 Å². The summed E-state index contributed by atoms with van der Waals surface area (Å²) < 4.78 is 6.28. The average molecular weight is 465 g/mol. The monoisotopic (exact) mass is 464 g/mol. The lowest BCUT2D eigenvalue weighted by molar-refractivity contribution is -0.134. The third kappa shape index (κ3) is 6.62. The second kappa shape index (κ2) is 12.6. The molecule has 0 saturated carbocycles. The Morgan fingerprint density at radius 1 is 1.00 bits per heavy atom. The molecule has 3 rings (SSSR count). The lowest BCUT2D eigenvalue weighted by atomic mass is 9.99. The number of benzene rings is 2. The Balaban J connectivity index is 1.88. The first kappa shape index (κ1) is 25.8. The van der Waals surface area contributed by atoms with E-state index >= 15 is 0 Å². The zero-order valence-electron chi connectivity index (χ0n) is 21.3. The molecule has 0 aromatic heterocycles. The lowest BCUT2D eigenvalue weighted by Gasteiger charge is -2.35. The van der Waals surface area contributed by atoms with Crippen LogP contribution in [-0.4, -0.2) is 53.9 Å². The van der Waals surface area contributed by atoms with Gasteiger partial charge in [-0.15, -0.1) is 0 Å². The largest absolute Gasteiger partial charge is 0.491 e. The summed E-state index contributed by atoms with van der Waals surface area (Å²) in [5.41, 5.74) is 2.82. The van der Waals surface area contributed by atoms with Gasteiger partial charge in [-0.25, -0.2) is 0 Å². The van der Waals surface area contributed by atoms with Gasteiger partial charge in [-0.2, -0.15) is 0 Å². The van der Waals surface area contributed by atoms with Crippen LogP contribution in [0.25, 0.3) is 0 Å². The summed E-state index contributed by atoms with van der Waals surface area (Å²) in [6.07, 6.45) is 4.42. The van der Waals surface area contributed by atoms with Gasteiger partial charge in [-0.1, -0.05) is 63.1 Å². The first-order chi connectivity index (χ1) is 16.4. The second-order valence-electron chi connectivity index (χ2n) is 9.61. The number of carbonyl (C=O) groups excluding carboxylic acids is 2. The summed E-state index contributed by atoms with van der Waals surface area (Å²) in [5.74, 6) is 0.984. The molecule has 1 atom stereocenters. The molecule has 1 aliphatic rings. The fraction of sp³-hybridized carbons (Fsp3) is 0.517. The topological polar surface area (TPSA) is 49.9 Å². The lowest BCUT2D eigenvalue weighted by Crippen LogP contribution is -2.48. The van der Waals surface area contributed by atoms with Crippen molar-refractivity contribution in [3.63, 3.8) is 0 Å². The number of hydrogen-bond donors (Lipinski definition) is 0. The van der Waals surface area contributed by atoms with E-state index in [1.807, 2.05) is 59.2 Å². The fourth-order valence-corrected chi connectivity index (χ4v) is 4.65. The molecule has 0 spiro atoms. The van der Waals surface area contributed by atoms with Crippen molar-refractivity contribution in [2.75, 3.05) is 26.2 Å². The van der Waals surface area contributed by atoms with Gasteiger partial charge >= 0.3 is 0 Å². The predicted molar refractivity (Wildman–Crippen MR) is 137 cm³/mol. The smallest absolute Gasteiger partial charge is 0.257 e. The highest BCUT2D eigenvalue weighted by molar-refractivity contribution is 5.97. The molecule has 0 radical (unpaired) electrons. The number of amides is 2. The maximum absolute atomic E-state index is 13.6. The number of para-hydroxylation sites is 1. The number of rotatable bonds is 4. The summed E-state index contributed by atoms with van der Waals surface area (Å²) in [4.78, 5) is 30.7. The second-order valence-corrected chi connectivity index (χ2v) is 9.61. The van der Waals surface area contributed by atoms with E-state index in [4.69, 9.17) is 4.74 Å². The van der Waals surface area contributed by atoms with Gasteiger partial charge in [0.25, 0.3) is 5.91 Å². The van der Waals surface area contributed by atoms with Crippen molar-refractivity contribution in [2.24, 2.45) is 5.92 Å². The van der Waals surface area contributed by atoms with Crippen LogP contribution in [0.15, 0.2) is 48.5 Å². The van der Waals surface area contributed by atoms with Gasteiger partial charge in [0.2, 0.25) is 5.91 Å². The summed E-state index contributed by atoms with van der Waals surface area (Å²) in [7, 11) is 0. The number of carbonyl (C=O) groups is 2. The molecule has 0 bridgehead atoms. The number of ether oxygens (including phenoxy) is 1. The Hall–Kier alpha value is -2.82. The van der Waals surface area contributed by atoms with Gasteiger partial charge in [-0.05, 0) is 55.9 Å². The minimum atomic E-state index is -0.0649. The standard InChI is InChI=1S/C29H40N2O3/c1-5-30-18-12-6-7-13-19-31(28(32)20-24-15-9-8-14-23(24)4)26(22(2)3)21-34-27-17-11-10-16-25(27)29(30)33/h8-11,14-17,22,26H,5-7,12-13,18-21H2,1-4H3/t26-/m1/s1. The molecular formula is C29H40N2O3. The van der Waals surface area contributed by atoms with Crippen LogP contribution in [0.1, 0.15) is 67.9 Å². The molecule has 5 nitrogen and oxygen atoms in total. The first-order valence-corrected chi connectivity index (χ1v) is 12.8. The molecule has 5 heteroatoms. The van der Waals surface area contributed by atoms with Crippen LogP contribution in [0.4, 0.5) is 0 Å². The maximum atomic E-state index is 13.6. The highest BCUT2D eigenvalue weighted by Crippen LogP contribution is 2.24. The average Bonchev–Trinajstić information content (AvgIpc) is 2.83. The van der Waals surface area contributed by atoms with Gasteiger partial charge < -0.3 is 14.5 Å². The van der Waals surface area contributed by atoms with Crippen LogP contribution in [-0.2, 0) is 11.2 Å². The van der Waals surface area contributed by atoms with Crippen LogP contribution >= 0.6 is 0 Å². The number of nitrogens with zero attached hydrogens (tertiary/aromatic N) is 2.